The van der Waals surface area contributed by atoms with Crippen LogP contribution in [0.4, 0.5) is 0 Å². The van der Waals surface area contributed by atoms with Crippen LogP contribution in [0.2, 0.25) is 0 Å². The third-order valence-corrected chi connectivity index (χ3v) is 5.97. The zero-order chi connectivity index (χ0) is 14.4. The third-order valence-electron chi connectivity index (χ3n) is 4.07. The standard InChI is InChI=1S/C13H23N3O2S/c1-9(12-10(2)15-16(5)11(12)3)14-13(4)6-7-19(17,18)8-13/h9,14H,6-8H2,1-5H3. The Hall–Kier alpha value is -0.880. The Labute approximate surface area is 115 Å². The van der Waals surface area contributed by atoms with E-state index in [4.69, 9.17) is 0 Å². The fraction of sp³-hybridized carbons (Fsp3) is 0.769. The van der Waals surface area contributed by atoms with Gasteiger partial charge in [-0.15, -0.1) is 0 Å². The van der Waals surface area contributed by atoms with Gasteiger partial charge in [-0.3, -0.25) is 4.68 Å². The second kappa shape index (κ2) is 4.59. The lowest BCUT2D eigenvalue weighted by molar-refractivity contribution is 0.354. The number of rotatable bonds is 3. The zero-order valence-corrected chi connectivity index (χ0v) is 13.1. The number of hydrogen-bond donors (Lipinski definition) is 1. The fourth-order valence-corrected chi connectivity index (χ4v) is 5.24. The SMILES string of the molecule is Cc1nn(C)c(C)c1C(C)NC1(C)CCS(=O)(=O)C1. The topological polar surface area (TPSA) is 64.0 Å². The number of sulfone groups is 1. The van der Waals surface area contributed by atoms with Crippen molar-refractivity contribution in [1.29, 1.82) is 0 Å². The molecular weight excluding hydrogens is 262 g/mol. The highest BCUT2D eigenvalue weighted by atomic mass is 32.2. The second-order valence-corrected chi connectivity index (χ2v) is 8.16. The summed E-state index contributed by atoms with van der Waals surface area (Å²) < 4.78 is 25.2. The molecule has 2 unspecified atom stereocenters. The molecule has 0 radical (unpaired) electrons. The smallest absolute Gasteiger partial charge is 0.152 e. The highest BCUT2D eigenvalue weighted by Crippen LogP contribution is 2.28. The van der Waals surface area contributed by atoms with Crippen molar-refractivity contribution >= 4 is 9.84 Å². The van der Waals surface area contributed by atoms with E-state index < -0.39 is 9.84 Å². The maximum Gasteiger partial charge on any atom is 0.152 e. The molecule has 5 nitrogen and oxygen atoms in total. The van der Waals surface area contributed by atoms with Crippen LogP contribution in [0.15, 0.2) is 0 Å². The van der Waals surface area contributed by atoms with Crippen molar-refractivity contribution in [3.05, 3.63) is 17.0 Å². The van der Waals surface area contributed by atoms with Gasteiger partial charge in [0.05, 0.1) is 17.2 Å². The van der Waals surface area contributed by atoms with Crippen molar-refractivity contribution in [2.24, 2.45) is 7.05 Å². The maximum absolute atomic E-state index is 11.6. The van der Waals surface area contributed by atoms with Gasteiger partial charge in [-0.05, 0) is 34.1 Å². The van der Waals surface area contributed by atoms with Crippen LogP contribution in [0.25, 0.3) is 0 Å². The third kappa shape index (κ3) is 2.84. The number of aromatic nitrogens is 2. The Bertz CT molecular complexity index is 591. The van der Waals surface area contributed by atoms with Gasteiger partial charge in [-0.25, -0.2) is 8.42 Å². The number of nitrogens with one attached hydrogen (secondary N) is 1. The fourth-order valence-electron chi connectivity index (χ4n) is 3.14. The van der Waals surface area contributed by atoms with Crippen LogP contribution in [0, 0.1) is 13.8 Å². The molecule has 2 rings (SSSR count). The lowest BCUT2D eigenvalue weighted by Gasteiger charge is -2.29. The Morgan fingerprint density at radius 2 is 2.05 bits per heavy atom. The molecule has 0 aromatic carbocycles. The maximum atomic E-state index is 11.6. The average molecular weight is 285 g/mol. The molecule has 0 amide bonds. The second-order valence-electron chi connectivity index (χ2n) is 5.98. The highest BCUT2D eigenvalue weighted by Gasteiger charge is 2.39. The molecule has 0 aliphatic carbocycles. The zero-order valence-electron chi connectivity index (χ0n) is 12.3. The van der Waals surface area contributed by atoms with E-state index >= 15 is 0 Å². The highest BCUT2D eigenvalue weighted by molar-refractivity contribution is 7.91. The van der Waals surface area contributed by atoms with Gasteiger partial charge in [0.15, 0.2) is 9.84 Å². The molecule has 1 fully saturated rings. The van der Waals surface area contributed by atoms with E-state index in [2.05, 4.69) is 17.3 Å². The first-order valence-electron chi connectivity index (χ1n) is 6.62. The molecule has 1 aromatic rings. The van der Waals surface area contributed by atoms with Gasteiger partial charge in [0.2, 0.25) is 0 Å². The molecule has 1 N–H and O–H groups in total. The van der Waals surface area contributed by atoms with Crippen LogP contribution in [-0.2, 0) is 16.9 Å². The van der Waals surface area contributed by atoms with E-state index in [0.29, 0.717) is 6.42 Å². The molecule has 19 heavy (non-hydrogen) atoms. The summed E-state index contributed by atoms with van der Waals surface area (Å²) in [5, 5.41) is 7.91. The summed E-state index contributed by atoms with van der Waals surface area (Å²) in [5.74, 6) is 0.511. The predicted octanol–water partition coefficient (Wildman–Crippen LogP) is 1.26. The Morgan fingerprint density at radius 3 is 2.47 bits per heavy atom. The molecule has 1 saturated heterocycles. The van der Waals surface area contributed by atoms with E-state index in [-0.39, 0.29) is 23.1 Å². The van der Waals surface area contributed by atoms with Crippen LogP contribution in [0.1, 0.15) is 43.3 Å². The summed E-state index contributed by atoms with van der Waals surface area (Å²) >= 11 is 0. The summed E-state index contributed by atoms with van der Waals surface area (Å²) in [6.45, 7) is 8.11. The summed E-state index contributed by atoms with van der Waals surface area (Å²) in [6.07, 6.45) is 0.679. The summed E-state index contributed by atoms with van der Waals surface area (Å²) in [6, 6.07) is 0.104. The van der Waals surface area contributed by atoms with Gasteiger partial charge < -0.3 is 5.32 Å². The number of hydrogen-bond acceptors (Lipinski definition) is 4. The van der Waals surface area contributed by atoms with Crippen molar-refractivity contribution < 1.29 is 8.42 Å². The van der Waals surface area contributed by atoms with Gasteiger partial charge >= 0.3 is 0 Å². The molecule has 6 heteroatoms. The quantitative estimate of drug-likeness (QED) is 0.908. The molecule has 2 heterocycles. The van der Waals surface area contributed by atoms with Gasteiger partial charge in [-0.2, -0.15) is 5.10 Å². The molecule has 1 aliphatic heterocycles. The molecule has 2 atom stereocenters. The first kappa shape index (κ1) is 14.5. The average Bonchev–Trinajstić information content (AvgIpc) is 2.65. The molecule has 0 bridgehead atoms. The first-order valence-corrected chi connectivity index (χ1v) is 8.44. The van der Waals surface area contributed by atoms with Crippen LogP contribution in [0.3, 0.4) is 0 Å². The minimum atomic E-state index is -2.88. The van der Waals surface area contributed by atoms with Gasteiger partial charge in [-0.1, -0.05) is 0 Å². The van der Waals surface area contributed by atoms with Gasteiger partial charge in [0.25, 0.3) is 0 Å². The van der Waals surface area contributed by atoms with Crippen molar-refractivity contribution in [3.8, 4) is 0 Å². The minimum Gasteiger partial charge on any atom is -0.304 e. The molecule has 0 saturated carbocycles. The Kier molecular flexibility index (Phi) is 3.51. The summed E-state index contributed by atoms with van der Waals surface area (Å²) in [7, 11) is -0.949. The lowest BCUT2D eigenvalue weighted by Crippen LogP contribution is -2.44. The van der Waals surface area contributed by atoms with Crippen LogP contribution in [-0.4, -0.2) is 35.2 Å². The number of nitrogens with zero attached hydrogens (tertiary/aromatic N) is 2. The largest absolute Gasteiger partial charge is 0.304 e. The lowest BCUT2D eigenvalue weighted by atomic mass is 9.97. The Balaban J connectivity index is 2.20. The van der Waals surface area contributed by atoms with Crippen molar-refractivity contribution in [2.75, 3.05) is 11.5 Å². The van der Waals surface area contributed by atoms with Crippen molar-refractivity contribution in [3.63, 3.8) is 0 Å². The molecule has 108 valence electrons. The summed E-state index contributed by atoms with van der Waals surface area (Å²) in [4.78, 5) is 0. The van der Waals surface area contributed by atoms with Crippen LogP contribution < -0.4 is 5.32 Å². The first-order chi connectivity index (χ1) is 8.64. The predicted molar refractivity (Wildman–Crippen MR) is 75.9 cm³/mol. The molecule has 1 aliphatic rings. The van der Waals surface area contributed by atoms with E-state index in [0.717, 1.165) is 11.4 Å². The van der Waals surface area contributed by atoms with Gasteiger partial charge in [0, 0.05) is 29.9 Å². The normalized spacial score (nSPS) is 27.6. The van der Waals surface area contributed by atoms with Crippen molar-refractivity contribution in [1.82, 2.24) is 15.1 Å². The molecule has 0 spiro atoms. The van der Waals surface area contributed by atoms with Gasteiger partial charge in [0.1, 0.15) is 0 Å². The van der Waals surface area contributed by atoms with E-state index in [9.17, 15) is 8.42 Å². The molecular formula is C13H23N3O2S. The van der Waals surface area contributed by atoms with E-state index in [1.54, 1.807) is 0 Å². The van der Waals surface area contributed by atoms with E-state index in [1.165, 1.54) is 5.56 Å². The van der Waals surface area contributed by atoms with Crippen LogP contribution >= 0.6 is 0 Å². The van der Waals surface area contributed by atoms with Crippen LogP contribution in [0.5, 0.6) is 0 Å². The Morgan fingerprint density at radius 1 is 1.42 bits per heavy atom. The minimum absolute atomic E-state index is 0.104. The van der Waals surface area contributed by atoms with Crippen molar-refractivity contribution in [2.45, 2.75) is 45.7 Å². The summed E-state index contributed by atoms with van der Waals surface area (Å²) in [5.41, 5.74) is 2.98. The van der Waals surface area contributed by atoms with E-state index in [1.807, 2.05) is 32.5 Å². The monoisotopic (exact) mass is 285 g/mol. The number of aryl methyl sites for hydroxylation is 2. The molecule has 1 aromatic heterocycles.